The van der Waals surface area contributed by atoms with Crippen LogP contribution in [-0.4, -0.2) is 65.8 Å². The van der Waals surface area contributed by atoms with Crippen molar-refractivity contribution in [3.63, 3.8) is 0 Å². The minimum Gasteiger partial charge on any atom is -0.375 e. The Balaban J connectivity index is 0. The number of hydroxylamine groups is 4. The van der Waals surface area contributed by atoms with Crippen molar-refractivity contribution in [2.45, 2.75) is 111 Å². The molecular weight excluding hydrogens is 530 g/mol. The molecule has 0 aromatic rings. The van der Waals surface area contributed by atoms with Gasteiger partial charge in [-0.25, -0.2) is 9.59 Å². The van der Waals surface area contributed by atoms with Crippen molar-refractivity contribution < 1.29 is 43.2 Å². The summed E-state index contributed by atoms with van der Waals surface area (Å²) in [5.74, 6) is -2.60. The maximum absolute atomic E-state index is 12.4. The lowest BCUT2D eigenvalue weighted by molar-refractivity contribution is -0.202. The fourth-order valence-corrected chi connectivity index (χ4v) is 3.20. The average Bonchev–Trinajstić information content (AvgIpc) is 3.46. The summed E-state index contributed by atoms with van der Waals surface area (Å²) < 4.78 is 5.70. The molecule has 0 aromatic heterocycles. The molecule has 39 heavy (non-hydrogen) atoms. The van der Waals surface area contributed by atoms with Gasteiger partial charge in [-0.2, -0.15) is 5.06 Å². The highest BCUT2D eigenvalue weighted by molar-refractivity contribution is 7.77. The summed E-state index contributed by atoms with van der Waals surface area (Å²) in [6.45, 7) is 8.31. The Morgan fingerprint density at radius 3 is 1.90 bits per heavy atom. The second-order valence-electron chi connectivity index (χ2n) is 10.2. The Kier molecular flexibility index (Phi) is 21.1. The number of thiol groups is 1. The maximum atomic E-state index is 12.4. The van der Waals surface area contributed by atoms with E-state index in [1.165, 1.54) is 39.2 Å². The van der Waals surface area contributed by atoms with E-state index in [0.717, 1.165) is 5.06 Å². The van der Waals surface area contributed by atoms with Gasteiger partial charge in [-0.3, -0.25) is 19.5 Å². The predicted octanol–water partition coefficient (Wildman–Crippen LogP) is 3.47. The van der Waals surface area contributed by atoms with Crippen LogP contribution in [0.4, 0.5) is 0 Å². The summed E-state index contributed by atoms with van der Waals surface area (Å²) in [6.07, 6.45) is 8.75. The average molecular weight is 578 g/mol. The summed E-state index contributed by atoms with van der Waals surface area (Å²) in [4.78, 5) is 79.1. The number of hydrogen-bond acceptors (Lipinski definition) is 11. The molecule has 0 radical (unpaired) electrons. The molecule has 0 spiro atoms. The number of ether oxygens (including phenoxy) is 1. The van der Waals surface area contributed by atoms with Crippen molar-refractivity contribution in [2.75, 3.05) is 13.7 Å². The van der Waals surface area contributed by atoms with Crippen molar-refractivity contribution in [3.05, 3.63) is 0 Å². The van der Waals surface area contributed by atoms with Crippen LogP contribution in [0.2, 0.25) is 0 Å². The van der Waals surface area contributed by atoms with E-state index in [4.69, 9.17) is 14.4 Å². The highest BCUT2D eigenvalue weighted by Crippen LogP contribution is 2.25. The number of hydrogen-bond donors (Lipinski definition) is 2. The number of carbonyl (C=O) groups is 6. The van der Waals surface area contributed by atoms with Crippen LogP contribution < -0.4 is 5.14 Å². The summed E-state index contributed by atoms with van der Waals surface area (Å²) in [5, 5.41) is 5.36. The Morgan fingerprint density at radius 1 is 0.897 bits per heavy atom. The van der Waals surface area contributed by atoms with Crippen LogP contribution in [0.5, 0.6) is 0 Å². The van der Waals surface area contributed by atoms with E-state index in [0.29, 0.717) is 17.8 Å². The Bertz CT molecular complexity index is 764. The molecule has 1 aliphatic carbocycles. The fourth-order valence-electron chi connectivity index (χ4n) is 3.20. The van der Waals surface area contributed by atoms with Gasteiger partial charge in [-0.15, -0.1) is 17.9 Å². The van der Waals surface area contributed by atoms with Gasteiger partial charge in [0.25, 0.3) is 18.2 Å². The van der Waals surface area contributed by atoms with Crippen molar-refractivity contribution in [3.8, 4) is 0 Å². The third kappa shape index (κ3) is 18.4. The SMILES string of the molecule is C1CCCC1.CCCC(=O)N(C=O)OC(=O)CC(C)(C)OCCC(C)(C)C(=O)ON(C)C(=O)CCC=O.NS. The lowest BCUT2D eigenvalue weighted by atomic mass is 9.90. The van der Waals surface area contributed by atoms with Gasteiger partial charge < -0.3 is 19.2 Å². The van der Waals surface area contributed by atoms with Crippen LogP contribution in [0.3, 0.4) is 0 Å². The molecule has 1 rings (SSSR count). The summed E-state index contributed by atoms with van der Waals surface area (Å²) in [7, 11) is 1.29. The molecule has 1 fully saturated rings. The zero-order chi connectivity index (χ0) is 30.5. The lowest BCUT2D eigenvalue weighted by Gasteiger charge is -2.29. The first kappa shape index (κ1) is 38.6. The number of nitrogens with zero attached hydrogens (tertiary/aromatic N) is 2. The third-order valence-electron chi connectivity index (χ3n) is 5.65. The number of imide groups is 1. The van der Waals surface area contributed by atoms with Crippen molar-refractivity contribution >= 4 is 49.3 Å². The smallest absolute Gasteiger partial charge is 0.338 e. The van der Waals surface area contributed by atoms with Crippen LogP contribution in [0.15, 0.2) is 0 Å². The van der Waals surface area contributed by atoms with Crippen LogP contribution in [0.25, 0.3) is 0 Å². The normalized spacial score (nSPS) is 12.5. The molecule has 0 saturated heterocycles. The number of carbonyl (C=O) groups excluding carboxylic acids is 6. The van der Waals surface area contributed by atoms with E-state index in [1.54, 1.807) is 34.6 Å². The Labute approximate surface area is 237 Å². The van der Waals surface area contributed by atoms with Gasteiger partial charge in [0.05, 0.1) is 17.4 Å². The second-order valence-corrected chi connectivity index (χ2v) is 10.2. The predicted molar refractivity (Wildman–Crippen MR) is 147 cm³/mol. The van der Waals surface area contributed by atoms with Crippen LogP contribution in [0, 0.1) is 5.41 Å². The van der Waals surface area contributed by atoms with E-state index in [9.17, 15) is 28.8 Å². The van der Waals surface area contributed by atoms with Gasteiger partial charge >= 0.3 is 11.9 Å². The van der Waals surface area contributed by atoms with Crippen LogP contribution in [-0.2, 0) is 43.2 Å². The van der Waals surface area contributed by atoms with E-state index in [-0.39, 0.29) is 45.1 Å². The fraction of sp³-hybridized carbons (Fsp3) is 0.769. The monoisotopic (exact) mass is 577 g/mol. The topological polar surface area (TPSA) is 163 Å². The molecule has 0 heterocycles. The molecule has 0 bridgehead atoms. The molecular formula is C26H47N3O9S. The minimum absolute atomic E-state index is 0.0346. The molecule has 12 nitrogen and oxygen atoms in total. The highest BCUT2D eigenvalue weighted by Gasteiger charge is 2.33. The first-order valence-electron chi connectivity index (χ1n) is 13.1. The maximum Gasteiger partial charge on any atom is 0.338 e. The minimum atomic E-state index is -1.00. The standard InChI is InChI=1S/C21H34N2O9.C5H10.H3NS/c1-7-9-17(27)23(15-25)31-18(28)14-21(4,5)30-13-11-20(2,3)19(29)32-22(6)16(26)10-8-12-24;1-2-4-5-3-1;1-2/h12,15H,7-11,13-14H2,1-6H3;1-5H2;2H,1H2. The zero-order valence-electron chi connectivity index (χ0n) is 24.2. The van der Waals surface area contributed by atoms with E-state index in [2.05, 4.69) is 18.0 Å². The van der Waals surface area contributed by atoms with Gasteiger partial charge in [-0.1, -0.05) is 39.0 Å². The zero-order valence-corrected chi connectivity index (χ0v) is 25.1. The molecule has 0 aliphatic heterocycles. The summed E-state index contributed by atoms with van der Waals surface area (Å²) in [6, 6.07) is 0. The quantitative estimate of drug-likeness (QED) is 0.188. The van der Waals surface area contributed by atoms with Crippen molar-refractivity contribution in [2.24, 2.45) is 10.6 Å². The van der Waals surface area contributed by atoms with Crippen molar-refractivity contribution in [1.29, 1.82) is 0 Å². The largest absolute Gasteiger partial charge is 0.375 e. The Morgan fingerprint density at radius 2 is 1.44 bits per heavy atom. The Hall–Kier alpha value is -2.51. The van der Waals surface area contributed by atoms with Gasteiger partial charge in [0.1, 0.15) is 6.29 Å². The van der Waals surface area contributed by atoms with Crippen LogP contribution in [0.1, 0.15) is 105 Å². The lowest BCUT2D eigenvalue weighted by Crippen LogP contribution is -2.38. The first-order chi connectivity index (χ1) is 18.3. The van der Waals surface area contributed by atoms with Gasteiger partial charge in [-0.05, 0) is 40.5 Å². The van der Waals surface area contributed by atoms with Crippen LogP contribution >= 0.6 is 12.8 Å². The molecule has 0 atom stereocenters. The van der Waals surface area contributed by atoms with E-state index >= 15 is 0 Å². The van der Waals surface area contributed by atoms with Gasteiger partial charge in [0.15, 0.2) is 0 Å². The second kappa shape index (κ2) is 21.3. The van der Waals surface area contributed by atoms with E-state index in [1.807, 2.05) is 0 Å². The summed E-state index contributed by atoms with van der Waals surface area (Å²) in [5.41, 5.74) is -2.00. The van der Waals surface area contributed by atoms with Gasteiger partial charge in [0.2, 0.25) is 0 Å². The van der Waals surface area contributed by atoms with Crippen molar-refractivity contribution in [1.82, 2.24) is 10.1 Å². The number of nitrogens with two attached hydrogens (primary N) is 1. The van der Waals surface area contributed by atoms with Gasteiger partial charge in [0, 0.05) is 32.9 Å². The molecule has 13 heteroatoms. The molecule has 1 aliphatic rings. The van der Waals surface area contributed by atoms with E-state index < -0.39 is 34.8 Å². The molecule has 1 saturated carbocycles. The number of rotatable bonds is 13. The first-order valence-corrected chi connectivity index (χ1v) is 13.6. The molecule has 0 unspecified atom stereocenters. The third-order valence-corrected chi connectivity index (χ3v) is 5.65. The summed E-state index contributed by atoms with van der Waals surface area (Å²) >= 11 is 3.03. The highest BCUT2D eigenvalue weighted by atomic mass is 32.1. The molecule has 226 valence electrons. The molecule has 2 N–H and O–H groups in total. The number of aldehydes is 1. The number of amides is 3. The molecule has 0 aromatic carbocycles. The molecule has 3 amide bonds.